The van der Waals surface area contributed by atoms with Gasteiger partial charge in [-0.3, -0.25) is 0 Å². The third-order valence-electron chi connectivity index (χ3n) is 4.87. The van der Waals surface area contributed by atoms with Crippen LogP contribution in [0.3, 0.4) is 0 Å². The van der Waals surface area contributed by atoms with Gasteiger partial charge in [-0.05, 0) is 47.7 Å². The predicted octanol–water partition coefficient (Wildman–Crippen LogP) is 5.74. The quantitative estimate of drug-likeness (QED) is 0.576. The average Bonchev–Trinajstić information content (AvgIpc) is 3.03. The summed E-state index contributed by atoms with van der Waals surface area (Å²) in [6.07, 6.45) is 5.41. The number of benzene rings is 2. The summed E-state index contributed by atoms with van der Waals surface area (Å²) in [6, 6.07) is 12.0. The standard InChI is InChI=1S/C19H15Br2NO2/c20-11-4-1-3-10(7-11)17-14-6-2-5-13(14)15-8-12(21)9-16(19(23)24)18(15)22-17/h1-5,7-9,13-14,17,22H,6H2,(H,23,24)/t13-,14-,17+/m0/s1. The van der Waals surface area contributed by atoms with Crippen LogP contribution in [0.5, 0.6) is 0 Å². The Hall–Kier alpha value is -1.59. The first kappa shape index (κ1) is 15.9. The number of halogens is 2. The van der Waals surface area contributed by atoms with Crippen LogP contribution in [0.1, 0.15) is 39.9 Å². The third kappa shape index (κ3) is 2.60. The van der Waals surface area contributed by atoms with Crippen molar-refractivity contribution in [2.45, 2.75) is 18.4 Å². The maximum absolute atomic E-state index is 11.7. The van der Waals surface area contributed by atoms with Gasteiger partial charge < -0.3 is 10.4 Å². The van der Waals surface area contributed by atoms with Crippen LogP contribution < -0.4 is 5.32 Å². The molecule has 0 radical (unpaired) electrons. The topological polar surface area (TPSA) is 49.3 Å². The van der Waals surface area contributed by atoms with Gasteiger partial charge in [-0.1, -0.05) is 56.1 Å². The normalized spacial score (nSPS) is 24.2. The van der Waals surface area contributed by atoms with E-state index in [1.54, 1.807) is 6.07 Å². The highest BCUT2D eigenvalue weighted by Gasteiger charge is 2.39. The molecule has 3 nitrogen and oxygen atoms in total. The summed E-state index contributed by atoms with van der Waals surface area (Å²) in [5.74, 6) is -0.281. The number of carboxylic acids is 1. The fraction of sp³-hybridized carbons (Fsp3) is 0.211. The lowest BCUT2D eigenvalue weighted by Gasteiger charge is -2.38. The molecule has 0 spiro atoms. The van der Waals surface area contributed by atoms with Gasteiger partial charge in [0.05, 0.1) is 17.3 Å². The maximum atomic E-state index is 11.7. The van der Waals surface area contributed by atoms with E-state index in [4.69, 9.17) is 0 Å². The van der Waals surface area contributed by atoms with Gasteiger partial charge in [-0.15, -0.1) is 0 Å². The molecule has 1 heterocycles. The lowest BCUT2D eigenvalue weighted by atomic mass is 9.76. The fourth-order valence-electron chi connectivity index (χ4n) is 3.86. The zero-order valence-corrected chi connectivity index (χ0v) is 15.8. The zero-order valence-electron chi connectivity index (χ0n) is 12.7. The molecule has 0 unspecified atom stereocenters. The zero-order chi connectivity index (χ0) is 16.8. The number of hydrogen-bond donors (Lipinski definition) is 2. The van der Waals surface area contributed by atoms with Crippen molar-refractivity contribution in [1.82, 2.24) is 0 Å². The number of hydrogen-bond acceptors (Lipinski definition) is 2. The van der Waals surface area contributed by atoms with E-state index in [1.807, 2.05) is 18.2 Å². The Morgan fingerprint density at radius 2 is 2.00 bits per heavy atom. The summed E-state index contributed by atoms with van der Waals surface area (Å²) in [5, 5.41) is 13.1. The van der Waals surface area contributed by atoms with Crippen LogP contribution in [0.15, 0.2) is 57.5 Å². The average molecular weight is 449 g/mol. The Morgan fingerprint density at radius 3 is 2.75 bits per heavy atom. The molecule has 0 amide bonds. The molecule has 0 saturated carbocycles. The summed E-state index contributed by atoms with van der Waals surface area (Å²) in [5.41, 5.74) is 3.29. The van der Waals surface area contributed by atoms with E-state index >= 15 is 0 Å². The van der Waals surface area contributed by atoms with Gasteiger partial charge in [0.2, 0.25) is 0 Å². The van der Waals surface area contributed by atoms with Gasteiger partial charge >= 0.3 is 5.97 Å². The minimum absolute atomic E-state index is 0.0919. The molecule has 0 saturated heterocycles. The van der Waals surface area contributed by atoms with Gasteiger partial charge in [-0.25, -0.2) is 4.79 Å². The Labute approximate surface area is 157 Å². The van der Waals surface area contributed by atoms with Gasteiger partial charge in [0, 0.05) is 14.9 Å². The van der Waals surface area contributed by atoms with Crippen molar-refractivity contribution in [1.29, 1.82) is 0 Å². The fourth-order valence-corrected chi connectivity index (χ4v) is 4.76. The molecule has 1 aliphatic heterocycles. The molecule has 0 bridgehead atoms. The van der Waals surface area contributed by atoms with Crippen molar-refractivity contribution in [3.63, 3.8) is 0 Å². The summed E-state index contributed by atoms with van der Waals surface area (Å²) >= 11 is 6.99. The molecular weight excluding hydrogens is 434 g/mol. The molecule has 2 aliphatic rings. The van der Waals surface area contributed by atoms with Crippen LogP contribution in [0.4, 0.5) is 5.69 Å². The highest BCUT2D eigenvalue weighted by atomic mass is 79.9. The molecule has 2 aromatic rings. The van der Waals surface area contributed by atoms with Crippen molar-refractivity contribution < 1.29 is 9.90 Å². The first-order valence-corrected chi connectivity index (χ1v) is 9.38. The van der Waals surface area contributed by atoms with Crippen LogP contribution in [0.2, 0.25) is 0 Å². The lowest BCUT2D eigenvalue weighted by Crippen LogP contribution is -2.30. The minimum atomic E-state index is -0.909. The number of fused-ring (bicyclic) bond motifs is 3. The molecule has 5 heteroatoms. The molecule has 2 N–H and O–H groups in total. The lowest BCUT2D eigenvalue weighted by molar-refractivity contribution is 0.0697. The van der Waals surface area contributed by atoms with Crippen molar-refractivity contribution in [2.75, 3.05) is 5.32 Å². The van der Waals surface area contributed by atoms with Crippen molar-refractivity contribution in [2.24, 2.45) is 5.92 Å². The van der Waals surface area contributed by atoms with Crippen molar-refractivity contribution >= 4 is 43.5 Å². The van der Waals surface area contributed by atoms with E-state index < -0.39 is 5.97 Å². The second kappa shape index (κ2) is 6.05. The summed E-state index contributed by atoms with van der Waals surface area (Å²) < 4.78 is 1.84. The second-order valence-corrected chi connectivity index (χ2v) is 8.08. The maximum Gasteiger partial charge on any atom is 0.337 e. The van der Waals surface area contributed by atoms with Gasteiger partial charge in [0.25, 0.3) is 0 Å². The number of rotatable bonds is 2. The predicted molar refractivity (Wildman–Crippen MR) is 102 cm³/mol. The van der Waals surface area contributed by atoms with E-state index in [-0.39, 0.29) is 12.0 Å². The Balaban J connectivity index is 1.87. The molecule has 3 atom stereocenters. The first-order valence-electron chi connectivity index (χ1n) is 7.80. The Kier molecular flexibility index (Phi) is 4.01. The van der Waals surface area contributed by atoms with E-state index in [0.29, 0.717) is 11.5 Å². The van der Waals surface area contributed by atoms with E-state index in [0.717, 1.165) is 26.6 Å². The van der Waals surface area contributed by atoms with Crippen molar-refractivity contribution in [3.05, 3.63) is 74.2 Å². The molecular formula is C19H15Br2NO2. The Morgan fingerprint density at radius 1 is 1.17 bits per heavy atom. The highest BCUT2D eigenvalue weighted by Crippen LogP contribution is 2.51. The number of nitrogens with one attached hydrogen (secondary N) is 1. The third-order valence-corrected chi connectivity index (χ3v) is 5.82. The Bertz CT molecular complexity index is 862. The number of allylic oxidation sites excluding steroid dienone is 2. The number of carboxylic acid groups (broad SMARTS) is 1. The smallest absolute Gasteiger partial charge is 0.337 e. The highest BCUT2D eigenvalue weighted by molar-refractivity contribution is 9.10. The molecule has 2 aromatic carbocycles. The minimum Gasteiger partial charge on any atom is -0.478 e. The number of carbonyl (C=O) groups is 1. The molecule has 4 rings (SSSR count). The van der Waals surface area contributed by atoms with Crippen molar-refractivity contribution in [3.8, 4) is 0 Å². The first-order chi connectivity index (χ1) is 11.5. The molecule has 0 fully saturated rings. The van der Waals surface area contributed by atoms with Crippen LogP contribution in [-0.2, 0) is 0 Å². The van der Waals surface area contributed by atoms with Crippen LogP contribution in [0, 0.1) is 5.92 Å². The van der Waals surface area contributed by atoms with Gasteiger partial charge in [-0.2, -0.15) is 0 Å². The number of aromatic carboxylic acids is 1. The second-order valence-electron chi connectivity index (χ2n) is 6.25. The SMILES string of the molecule is O=C(O)c1cc(Br)cc2c1N[C@H](c1cccc(Br)c1)[C@H]1CC=C[C@H]21. The largest absolute Gasteiger partial charge is 0.478 e. The van der Waals surface area contributed by atoms with Crippen LogP contribution >= 0.6 is 31.9 Å². The monoisotopic (exact) mass is 447 g/mol. The summed E-state index contributed by atoms with van der Waals surface area (Å²) in [6.45, 7) is 0. The molecule has 122 valence electrons. The van der Waals surface area contributed by atoms with E-state index in [2.05, 4.69) is 61.5 Å². The molecule has 0 aromatic heterocycles. The summed E-state index contributed by atoms with van der Waals surface area (Å²) in [4.78, 5) is 11.7. The van der Waals surface area contributed by atoms with Crippen LogP contribution in [-0.4, -0.2) is 11.1 Å². The van der Waals surface area contributed by atoms with E-state index in [1.165, 1.54) is 5.56 Å². The molecule has 1 aliphatic carbocycles. The van der Waals surface area contributed by atoms with Gasteiger partial charge in [0.1, 0.15) is 0 Å². The summed E-state index contributed by atoms with van der Waals surface area (Å²) in [7, 11) is 0. The number of anilines is 1. The van der Waals surface area contributed by atoms with Crippen LogP contribution in [0.25, 0.3) is 0 Å². The van der Waals surface area contributed by atoms with Gasteiger partial charge in [0.15, 0.2) is 0 Å². The molecule has 24 heavy (non-hydrogen) atoms. The van der Waals surface area contributed by atoms with E-state index in [9.17, 15) is 9.90 Å².